The van der Waals surface area contributed by atoms with Crippen LogP contribution >= 0.6 is 0 Å². The van der Waals surface area contributed by atoms with E-state index in [1.165, 1.54) is 20.0 Å². The summed E-state index contributed by atoms with van der Waals surface area (Å²) in [6, 6.07) is 21.7. The molecule has 2 rings (SSSR count). The van der Waals surface area contributed by atoms with Crippen LogP contribution in [0.3, 0.4) is 0 Å². The van der Waals surface area contributed by atoms with E-state index in [2.05, 4.69) is 60.7 Å². The molecule has 2 aromatic carbocycles. The molecule has 0 radical (unpaired) electrons. The van der Waals surface area contributed by atoms with E-state index in [1.54, 1.807) is 0 Å². The summed E-state index contributed by atoms with van der Waals surface area (Å²) in [6.07, 6.45) is 0.769. The summed E-state index contributed by atoms with van der Waals surface area (Å²) in [7, 11) is 0. The Morgan fingerprint density at radius 3 is 1.39 bits per heavy atom. The number of rotatable bonds is 6. The first kappa shape index (κ1) is 19.0. The number of carboxylic acid groups (broad SMARTS) is 2. The first-order valence-electron chi connectivity index (χ1n) is 6.96. The van der Waals surface area contributed by atoms with Crippen molar-refractivity contribution in [2.24, 2.45) is 0 Å². The third kappa shape index (κ3) is 10.3. The van der Waals surface area contributed by atoms with Gasteiger partial charge in [0.2, 0.25) is 0 Å². The van der Waals surface area contributed by atoms with Crippen molar-refractivity contribution in [3.63, 3.8) is 0 Å². The van der Waals surface area contributed by atoms with Gasteiger partial charge in [0.1, 0.15) is 0 Å². The fourth-order valence-corrected chi connectivity index (χ4v) is 5.03. The molecule has 0 aliphatic rings. The Balaban J connectivity index is 0.000000284. The fraction of sp³-hybridized carbons (Fsp3) is 0.111. The number of carbonyl (C=O) groups excluding carboxylic acids is 2. The van der Waals surface area contributed by atoms with Gasteiger partial charge >= 0.3 is 102 Å². The van der Waals surface area contributed by atoms with Crippen LogP contribution in [0, 0.1) is 0 Å². The summed E-state index contributed by atoms with van der Waals surface area (Å²) >= 11 is -0.258. The average Bonchev–Trinajstić information content (AvgIpc) is 2.56. The minimum atomic E-state index is -1.55. The summed E-state index contributed by atoms with van der Waals surface area (Å²) < 4.78 is 2.69. The van der Waals surface area contributed by atoms with Gasteiger partial charge in [-0.05, 0) is 12.2 Å². The first-order chi connectivity index (χ1) is 11.1. The van der Waals surface area contributed by atoms with E-state index in [9.17, 15) is 19.8 Å². The molecule has 0 saturated heterocycles. The van der Waals surface area contributed by atoms with Gasteiger partial charge in [-0.3, -0.25) is 0 Å². The van der Waals surface area contributed by atoms with E-state index >= 15 is 0 Å². The van der Waals surface area contributed by atoms with Crippen molar-refractivity contribution in [2.45, 2.75) is 8.87 Å². The van der Waals surface area contributed by atoms with Crippen molar-refractivity contribution in [3.05, 3.63) is 83.9 Å². The standard InChI is InChI=1S/2C7H7.C4H4O4.Sn/c2*1-7-5-3-2-4-6-7;5-3(6)1-2-4(7)8;/h2*2-6H,1H2;1-2H,(H,5,6)(H,7,8);/q;;;+2/p-2/b;;2-1-;. The van der Waals surface area contributed by atoms with Gasteiger partial charge in [0.05, 0.1) is 11.9 Å². The number of aliphatic carboxylic acids is 2. The Labute approximate surface area is 145 Å². The van der Waals surface area contributed by atoms with E-state index in [4.69, 9.17) is 0 Å². The molecule has 5 heteroatoms. The second-order valence-corrected chi connectivity index (χ2v) is 7.99. The molecule has 4 nitrogen and oxygen atoms in total. The number of carboxylic acids is 2. The maximum atomic E-state index is 9.41. The molecule has 0 unspecified atom stereocenters. The van der Waals surface area contributed by atoms with E-state index in [1.807, 2.05) is 0 Å². The van der Waals surface area contributed by atoms with Crippen LogP contribution in [0.1, 0.15) is 11.1 Å². The molecular weight excluding hydrogens is 399 g/mol. The van der Waals surface area contributed by atoms with Gasteiger partial charge in [-0.15, -0.1) is 0 Å². The summed E-state index contributed by atoms with van der Waals surface area (Å²) in [4.78, 5) is 18.8. The quantitative estimate of drug-likeness (QED) is 0.497. The second-order valence-electron chi connectivity index (χ2n) is 4.55. The molecule has 0 amide bonds. The number of carbonyl (C=O) groups is 2. The summed E-state index contributed by atoms with van der Waals surface area (Å²) in [6.45, 7) is 0. The summed E-state index contributed by atoms with van der Waals surface area (Å²) in [5.74, 6) is -3.09. The molecule has 0 aliphatic heterocycles. The van der Waals surface area contributed by atoms with Crippen LogP contribution in [0.5, 0.6) is 0 Å². The predicted octanol–water partition coefficient (Wildman–Crippen LogP) is 0.133. The van der Waals surface area contributed by atoms with Crippen molar-refractivity contribution < 1.29 is 19.8 Å². The monoisotopic (exact) mass is 416 g/mol. The van der Waals surface area contributed by atoms with Gasteiger partial charge in [-0.1, -0.05) is 0 Å². The molecule has 0 atom stereocenters. The van der Waals surface area contributed by atoms with E-state index < -0.39 is 11.9 Å². The molecule has 2 aromatic rings. The molecule has 0 spiro atoms. The molecule has 0 fully saturated rings. The van der Waals surface area contributed by atoms with Gasteiger partial charge in [0.15, 0.2) is 0 Å². The Kier molecular flexibility index (Phi) is 9.47. The van der Waals surface area contributed by atoms with Crippen molar-refractivity contribution in [1.82, 2.24) is 0 Å². The zero-order chi connectivity index (χ0) is 16.9. The van der Waals surface area contributed by atoms with Crippen molar-refractivity contribution >= 4 is 33.1 Å². The van der Waals surface area contributed by atoms with Gasteiger partial charge in [0.25, 0.3) is 0 Å². The van der Waals surface area contributed by atoms with Crippen molar-refractivity contribution in [3.8, 4) is 0 Å². The molecule has 0 aliphatic carbocycles. The number of hydrogen-bond acceptors (Lipinski definition) is 4. The molecule has 23 heavy (non-hydrogen) atoms. The van der Waals surface area contributed by atoms with Crippen LogP contribution in [-0.2, 0) is 18.5 Å². The summed E-state index contributed by atoms with van der Waals surface area (Å²) in [5, 5.41) is 18.8. The Bertz CT molecular complexity index is 568. The predicted molar refractivity (Wildman–Crippen MR) is 85.2 cm³/mol. The molecule has 116 valence electrons. The molecule has 0 heterocycles. The molecular formula is C18H16O4Sn. The summed E-state index contributed by atoms with van der Waals surface area (Å²) in [5.41, 5.74) is 3.03. The van der Waals surface area contributed by atoms with Crippen LogP contribution in [0.4, 0.5) is 0 Å². The maximum absolute atomic E-state index is 9.41. The van der Waals surface area contributed by atoms with Crippen LogP contribution in [-0.4, -0.2) is 33.1 Å². The molecule has 0 aromatic heterocycles. The topological polar surface area (TPSA) is 80.3 Å². The van der Waals surface area contributed by atoms with Gasteiger partial charge < -0.3 is 19.8 Å². The molecule has 0 bridgehead atoms. The van der Waals surface area contributed by atoms with Crippen LogP contribution < -0.4 is 10.2 Å². The average molecular weight is 415 g/mol. The SMILES string of the molecule is O=C([O-])/C=C\C(=O)[O-].c1ccc([CH2][Sn+2][CH2]c2ccccc2)cc1. The van der Waals surface area contributed by atoms with E-state index in [0.717, 1.165) is 0 Å². The Morgan fingerprint density at radius 1 is 0.739 bits per heavy atom. The molecule has 0 saturated carbocycles. The molecule has 0 N–H and O–H groups in total. The van der Waals surface area contributed by atoms with E-state index in [0.29, 0.717) is 12.2 Å². The van der Waals surface area contributed by atoms with Gasteiger partial charge in [-0.2, -0.15) is 0 Å². The Morgan fingerprint density at radius 2 is 1.09 bits per heavy atom. The first-order valence-corrected chi connectivity index (χ1v) is 11.0. The fourth-order valence-electron chi connectivity index (χ4n) is 1.68. The van der Waals surface area contributed by atoms with Crippen LogP contribution in [0.25, 0.3) is 0 Å². The van der Waals surface area contributed by atoms with Crippen LogP contribution in [0.15, 0.2) is 72.8 Å². The Hall–Kier alpha value is -2.08. The van der Waals surface area contributed by atoms with Gasteiger partial charge in [-0.25, -0.2) is 0 Å². The third-order valence-electron chi connectivity index (χ3n) is 2.70. The van der Waals surface area contributed by atoms with Crippen molar-refractivity contribution in [1.29, 1.82) is 0 Å². The number of hydrogen-bond donors (Lipinski definition) is 0. The zero-order valence-electron chi connectivity index (χ0n) is 12.5. The van der Waals surface area contributed by atoms with Crippen LogP contribution in [0.2, 0.25) is 0 Å². The normalized spacial score (nSPS) is 9.57. The zero-order valence-corrected chi connectivity index (χ0v) is 15.3. The second kappa shape index (κ2) is 11.5. The number of benzene rings is 2. The third-order valence-corrected chi connectivity index (χ3v) is 6.46. The minimum absolute atomic E-state index is 0.258. The van der Waals surface area contributed by atoms with Crippen molar-refractivity contribution in [2.75, 3.05) is 0 Å². The van der Waals surface area contributed by atoms with E-state index in [-0.39, 0.29) is 21.1 Å². The van der Waals surface area contributed by atoms with Gasteiger partial charge in [0, 0.05) is 0 Å².